The van der Waals surface area contributed by atoms with Gasteiger partial charge in [0.05, 0.1) is 0 Å². The third-order valence-electron chi connectivity index (χ3n) is 2.58. The Balaban J connectivity index is 2.66. The SMILES string of the molecule is CC(C)(C)c1ccc(CC[B-](F)(F)F)cc1. The van der Waals surface area contributed by atoms with E-state index in [2.05, 4.69) is 20.8 Å². The predicted octanol–water partition coefficient (Wildman–Crippen LogP) is 4.37. The van der Waals surface area contributed by atoms with E-state index in [9.17, 15) is 12.9 Å². The maximum Gasteiger partial charge on any atom is 0.478 e. The zero-order valence-electron chi connectivity index (χ0n) is 9.93. The lowest BCUT2D eigenvalue weighted by atomic mass is 9.81. The van der Waals surface area contributed by atoms with Crippen LogP contribution in [0.25, 0.3) is 0 Å². The van der Waals surface area contributed by atoms with Gasteiger partial charge in [0.1, 0.15) is 0 Å². The molecule has 90 valence electrons. The molecule has 1 rings (SSSR count). The number of aryl methyl sites for hydroxylation is 1. The highest BCUT2D eigenvalue weighted by atomic mass is 19.4. The van der Waals surface area contributed by atoms with Crippen LogP contribution >= 0.6 is 0 Å². The Kier molecular flexibility index (Phi) is 3.71. The summed E-state index contributed by atoms with van der Waals surface area (Å²) in [5.74, 6) is 0. The number of halogens is 3. The Hall–Kier alpha value is -0.925. The van der Waals surface area contributed by atoms with Crippen molar-refractivity contribution < 1.29 is 12.9 Å². The van der Waals surface area contributed by atoms with Crippen LogP contribution in [-0.4, -0.2) is 6.98 Å². The van der Waals surface area contributed by atoms with Crippen LogP contribution in [0.5, 0.6) is 0 Å². The first-order valence-corrected chi connectivity index (χ1v) is 5.49. The number of benzene rings is 1. The van der Waals surface area contributed by atoms with Crippen LogP contribution in [0.1, 0.15) is 31.9 Å². The van der Waals surface area contributed by atoms with Crippen molar-refractivity contribution >= 4 is 6.98 Å². The van der Waals surface area contributed by atoms with Crippen molar-refractivity contribution in [3.05, 3.63) is 35.4 Å². The van der Waals surface area contributed by atoms with Gasteiger partial charge < -0.3 is 12.9 Å². The second-order valence-corrected chi connectivity index (χ2v) is 5.20. The monoisotopic (exact) mass is 229 g/mol. The van der Waals surface area contributed by atoms with Gasteiger partial charge in [-0.25, -0.2) is 0 Å². The number of hydrogen-bond donors (Lipinski definition) is 0. The van der Waals surface area contributed by atoms with E-state index in [1.165, 1.54) is 0 Å². The molecule has 0 radical (unpaired) electrons. The van der Waals surface area contributed by atoms with Gasteiger partial charge >= 0.3 is 6.98 Å². The lowest BCUT2D eigenvalue weighted by Crippen LogP contribution is -2.15. The highest BCUT2D eigenvalue weighted by Crippen LogP contribution is 2.23. The molecule has 0 aliphatic carbocycles. The minimum absolute atomic E-state index is 0.0481. The van der Waals surface area contributed by atoms with Gasteiger partial charge in [0.2, 0.25) is 0 Å². The second kappa shape index (κ2) is 4.52. The minimum atomic E-state index is -4.66. The van der Waals surface area contributed by atoms with Crippen molar-refractivity contribution in [1.29, 1.82) is 0 Å². The smallest absolute Gasteiger partial charge is 0.449 e. The molecule has 0 atom stereocenters. The Labute approximate surface area is 94.9 Å². The van der Waals surface area contributed by atoms with Gasteiger partial charge in [-0.2, -0.15) is 0 Å². The van der Waals surface area contributed by atoms with Crippen molar-refractivity contribution in [1.82, 2.24) is 0 Å². The van der Waals surface area contributed by atoms with E-state index in [0.29, 0.717) is 0 Å². The predicted molar refractivity (Wildman–Crippen MR) is 62.7 cm³/mol. The van der Waals surface area contributed by atoms with E-state index in [1.807, 2.05) is 12.1 Å². The summed E-state index contributed by atoms with van der Waals surface area (Å²) in [6.45, 7) is 1.59. The molecule has 0 N–H and O–H groups in total. The fourth-order valence-electron chi connectivity index (χ4n) is 1.50. The Morgan fingerprint density at radius 1 is 1.00 bits per heavy atom. The summed E-state index contributed by atoms with van der Waals surface area (Å²) in [6, 6.07) is 7.42. The zero-order valence-corrected chi connectivity index (χ0v) is 9.93. The molecule has 0 aliphatic rings. The standard InChI is InChI=1S/C12H17BF3/c1-12(2,3)11-6-4-10(5-7-11)8-9-13(14,15)16/h4-7H,8-9H2,1-3H3/q-1. The normalized spacial score (nSPS) is 12.9. The van der Waals surface area contributed by atoms with Crippen molar-refractivity contribution in [2.45, 2.75) is 38.9 Å². The molecule has 0 aliphatic heterocycles. The minimum Gasteiger partial charge on any atom is -0.449 e. The van der Waals surface area contributed by atoms with E-state index in [4.69, 9.17) is 0 Å². The largest absolute Gasteiger partial charge is 0.478 e. The molecule has 0 bridgehead atoms. The summed E-state index contributed by atoms with van der Waals surface area (Å²) in [7, 11) is 0. The lowest BCUT2D eigenvalue weighted by Gasteiger charge is -2.19. The molecule has 0 spiro atoms. The van der Waals surface area contributed by atoms with Gasteiger partial charge in [0.25, 0.3) is 0 Å². The summed E-state index contributed by atoms with van der Waals surface area (Å²) in [5, 5.41) is 0. The zero-order chi connectivity index (χ0) is 12.4. The molecule has 0 aromatic heterocycles. The maximum atomic E-state index is 12.1. The quantitative estimate of drug-likeness (QED) is 0.675. The molecule has 1 aromatic carbocycles. The van der Waals surface area contributed by atoms with Gasteiger partial charge in [-0.1, -0.05) is 63.3 Å². The molecular weight excluding hydrogens is 212 g/mol. The van der Waals surface area contributed by atoms with E-state index < -0.39 is 13.3 Å². The topological polar surface area (TPSA) is 0 Å². The highest BCUT2D eigenvalue weighted by Gasteiger charge is 2.22. The van der Waals surface area contributed by atoms with Crippen molar-refractivity contribution in [2.75, 3.05) is 0 Å². The third kappa shape index (κ3) is 4.29. The molecule has 1 aromatic rings. The molecule has 0 saturated carbocycles. The van der Waals surface area contributed by atoms with E-state index >= 15 is 0 Å². The average molecular weight is 229 g/mol. The third-order valence-corrected chi connectivity index (χ3v) is 2.58. The maximum absolute atomic E-state index is 12.1. The first kappa shape index (κ1) is 13.1. The van der Waals surface area contributed by atoms with Gasteiger partial charge in [0.15, 0.2) is 0 Å². The summed E-state index contributed by atoms with van der Waals surface area (Å²) >= 11 is 0. The fourth-order valence-corrected chi connectivity index (χ4v) is 1.50. The van der Waals surface area contributed by atoms with Crippen LogP contribution in [-0.2, 0) is 11.8 Å². The van der Waals surface area contributed by atoms with Crippen LogP contribution < -0.4 is 0 Å². The van der Waals surface area contributed by atoms with E-state index in [0.717, 1.165) is 11.1 Å². The molecule has 16 heavy (non-hydrogen) atoms. The number of rotatable bonds is 3. The van der Waals surface area contributed by atoms with Crippen LogP contribution in [0.4, 0.5) is 12.9 Å². The summed E-state index contributed by atoms with van der Waals surface area (Å²) < 4.78 is 36.2. The molecule has 4 heteroatoms. The Morgan fingerprint density at radius 3 is 1.88 bits per heavy atom. The summed E-state index contributed by atoms with van der Waals surface area (Å²) in [6.07, 6.45) is -0.594. The van der Waals surface area contributed by atoms with Gasteiger partial charge in [0, 0.05) is 0 Å². The van der Waals surface area contributed by atoms with Gasteiger partial charge in [-0.15, -0.1) is 0 Å². The molecule has 0 unspecified atom stereocenters. The van der Waals surface area contributed by atoms with E-state index in [-0.39, 0.29) is 11.8 Å². The molecule has 0 fully saturated rings. The first-order chi connectivity index (χ1) is 7.18. The van der Waals surface area contributed by atoms with Crippen LogP contribution in [0, 0.1) is 0 Å². The van der Waals surface area contributed by atoms with Crippen LogP contribution in [0.2, 0.25) is 6.32 Å². The highest BCUT2D eigenvalue weighted by molar-refractivity contribution is 6.58. The second-order valence-electron chi connectivity index (χ2n) is 5.20. The molecular formula is C12H17BF3-. The van der Waals surface area contributed by atoms with Crippen LogP contribution in [0.15, 0.2) is 24.3 Å². The summed E-state index contributed by atoms with van der Waals surface area (Å²) in [4.78, 5) is 0. The summed E-state index contributed by atoms with van der Waals surface area (Å²) in [5.41, 5.74) is 1.95. The molecule has 0 nitrogen and oxygen atoms in total. The average Bonchev–Trinajstić information content (AvgIpc) is 2.13. The number of hydrogen-bond acceptors (Lipinski definition) is 0. The van der Waals surface area contributed by atoms with Gasteiger partial charge in [-0.05, 0) is 11.0 Å². The Bertz CT molecular complexity index is 333. The molecule has 0 heterocycles. The van der Waals surface area contributed by atoms with Crippen molar-refractivity contribution in [3.8, 4) is 0 Å². The van der Waals surface area contributed by atoms with Gasteiger partial charge in [-0.3, -0.25) is 0 Å². The lowest BCUT2D eigenvalue weighted by molar-refractivity contribution is 0.467. The van der Waals surface area contributed by atoms with Crippen molar-refractivity contribution in [2.24, 2.45) is 0 Å². The van der Waals surface area contributed by atoms with Crippen LogP contribution in [0.3, 0.4) is 0 Å². The molecule has 0 saturated heterocycles. The van der Waals surface area contributed by atoms with Crippen molar-refractivity contribution in [3.63, 3.8) is 0 Å². The molecule has 0 amide bonds. The fraction of sp³-hybridized carbons (Fsp3) is 0.500. The first-order valence-electron chi connectivity index (χ1n) is 5.49. The van der Waals surface area contributed by atoms with E-state index in [1.54, 1.807) is 12.1 Å². The Morgan fingerprint density at radius 2 is 1.50 bits per heavy atom.